The Balaban J connectivity index is 1.86. The molecule has 1 fully saturated rings. The van der Waals surface area contributed by atoms with E-state index in [1.165, 1.54) is 6.42 Å². The van der Waals surface area contributed by atoms with Crippen LogP contribution in [0.15, 0.2) is 35.2 Å². The number of allylic oxidation sites excluding steroid dienone is 3. The van der Waals surface area contributed by atoms with E-state index < -0.39 is 11.8 Å². The highest BCUT2D eigenvalue weighted by atomic mass is 16.5. The molecule has 7 nitrogen and oxygen atoms in total. The second kappa shape index (κ2) is 9.96. The van der Waals surface area contributed by atoms with E-state index in [9.17, 15) is 9.59 Å². The fraction of sp³-hybridized carbons (Fsp3) is 0.571. The molecule has 2 unspecified atom stereocenters. The molecule has 2 atom stereocenters. The van der Waals surface area contributed by atoms with Crippen molar-refractivity contribution >= 4 is 11.8 Å². The lowest BCUT2D eigenvalue weighted by molar-refractivity contribution is -0.146. The summed E-state index contributed by atoms with van der Waals surface area (Å²) in [7, 11) is 4.67. The number of Topliss-reactive ketones (excluding diaryl/α,β-unsaturated/α-hetero) is 1. The molecule has 0 amide bonds. The van der Waals surface area contributed by atoms with Gasteiger partial charge in [0.1, 0.15) is 11.9 Å². The third-order valence-electron chi connectivity index (χ3n) is 7.33. The number of nitrogens with one attached hydrogen (secondary N) is 1. The van der Waals surface area contributed by atoms with Crippen LogP contribution in [0.1, 0.15) is 70.8 Å². The zero-order valence-corrected chi connectivity index (χ0v) is 21.7. The molecule has 1 aliphatic heterocycles. The molecule has 0 bridgehead atoms. The Morgan fingerprint density at radius 2 is 1.60 bits per heavy atom. The molecule has 1 aromatic rings. The number of fused-ring (bicyclic) bond motifs is 1. The first-order chi connectivity index (χ1) is 16.7. The lowest BCUT2D eigenvalue weighted by Gasteiger charge is -2.41. The number of esters is 1. The normalized spacial score (nSPS) is 24.2. The molecule has 1 aromatic carbocycles. The number of ketones is 1. The van der Waals surface area contributed by atoms with Crippen LogP contribution in [0.2, 0.25) is 0 Å². The van der Waals surface area contributed by atoms with Crippen molar-refractivity contribution in [2.24, 2.45) is 11.3 Å². The smallest absolute Gasteiger partial charge is 0.336 e. The maximum Gasteiger partial charge on any atom is 0.336 e. The van der Waals surface area contributed by atoms with Crippen molar-refractivity contribution in [3.63, 3.8) is 0 Å². The number of benzene rings is 1. The van der Waals surface area contributed by atoms with Gasteiger partial charge in [-0.2, -0.15) is 0 Å². The summed E-state index contributed by atoms with van der Waals surface area (Å²) in [6, 6.07) is 3.67. The van der Waals surface area contributed by atoms with Gasteiger partial charge in [0.05, 0.1) is 32.8 Å². The molecule has 7 heteroatoms. The minimum absolute atomic E-state index is 0.0879. The van der Waals surface area contributed by atoms with Gasteiger partial charge in [-0.25, -0.2) is 4.79 Å². The van der Waals surface area contributed by atoms with Crippen LogP contribution in [0, 0.1) is 11.3 Å². The Labute approximate surface area is 207 Å². The highest BCUT2D eigenvalue weighted by Crippen LogP contribution is 2.50. The maximum atomic E-state index is 13.7. The summed E-state index contributed by atoms with van der Waals surface area (Å²) in [5.74, 6) is 0.0942. The number of carbonyl (C=O) groups is 2. The third kappa shape index (κ3) is 4.91. The second-order valence-electron chi connectivity index (χ2n) is 10.5. The lowest BCUT2D eigenvalue weighted by atomic mass is 9.66. The van der Waals surface area contributed by atoms with E-state index in [2.05, 4.69) is 25.2 Å². The van der Waals surface area contributed by atoms with Crippen LogP contribution < -0.4 is 19.5 Å². The summed E-state index contributed by atoms with van der Waals surface area (Å²) < 4.78 is 22.7. The van der Waals surface area contributed by atoms with Crippen LogP contribution in [0.5, 0.6) is 17.2 Å². The van der Waals surface area contributed by atoms with E-state index in [-0.39, 0.29) is 23.3 Å². The van der Waals surface area contributed by atoms with Crippen molar-refractivity contribution in [3.05, 3.63) is 40.7 Å². The quantitative estimate of drug-likeness (QED) is 0.567. The first-order valence-electron chi connectivity index (χ1n) is 12.4. The number of hydrogen-bond donors (Lipinski definition) is 1. The molecule has 1 saturated carbocycles. The van der Waals surface area contributed by atoms with Gasteiger partial charge in [-0.05, 0) is 55.7 Å². The average Bonchev–Trinajstić information content (AvgIpc) is 2.81. The zero-order valence-electron chi connectivity index (χ0n) is 21.7. The van der Waals surface area contributed by atoms with Gasteiger partial charge in [0.2, 0.25) is 5.75 Å². The Kier molecular flexibility index (Phi) is 7.15. The van der Waals surface area contributed by atoms with Gasteiger partial charge in [0.25, 0.3) is 0 Å². The molecular formula is C28H37NO6. The largest absolute Gasteiger partial charge is 0.493 e. The van der Waals surface area contributed by atoms with Crippen molar-refractivity contribution in [2.45, 2.75) is 71.3 Å². The standard InChI is InChI=1S/C28H37NO6/c1-16-23(27(31)35-18-10-8-7-9-11-18)24(25-19(29-16)14-28(2,3)15-20(25)30)17-12-21(32-4)26(34-6)22(13-17)33-5/h12-14,18,24-25,29H,7-11,15H2,1-6H3. The lowest BCUT2D eigenvalue weighted by Crippen LogP contribution is -2.44. The van der Waals surface area contributed by atoms with Gasteiger partial charge < -0.3 is 24.3 Å². The van der Waals surface area contributed by atoms with Crippen molar-refractivity contribution in [1.82, 2.24) is 5.32 Å². The molecule has 1 N–H and O–H groups in total. The van der Waals surface area contributed by atoms with Gasteiger partial charge in [0, 0.05) is 23.7 Å². The molecule has 0 radical (unpaired) electrons. The van der Waals surface area contributed by atoms with Crippen molar-refractivity contribution in [3.8, 4) is 17.2 Å². The number of methoxy groups -OCH3 is 3. The van der Waals surface area contributed by atoms with E-state index >= 15 is 0 Å². The monoisotopic (exact) mass is 483 g/mol. The molecule has 0 aromatic heterocycles. The number of rotatable bonds is 6. The summed E-state index contributed by atoms with van der Waals surface area (Å²) in [6.07, 6.45) is 7.48. The summed E-state index contributed by atoms with van der Waals surface area (Å²) in [5.41, 5.74) is 2.50. The van der Waals surface area contributed by atoms with Crippen LogP contribution in [-0.4, -0.2) is 39.2 Å². The summed E-state index contributed by atoms with van der Waals surface area (Å²) >= 11 is 0. The Morgan fingerprint density at radius 3 is 2.17 bits per heavy atom. The van der Waals surface area contributed by atoms with Gasteiger partial charge in [-0.3, -0.25) is 4.79 Å². The number of carbonyl (C=O) groups excluding carboxylic acids is 2. The maximum absolute atomic E-state index is 13.7. The van der Waals surface area contributed by atoms with E-state index in [1.54, 1.807) is 21.3 Å². The molecule has 4 rings (SSSR count). The Morgan fingerprint density at radius 1 is 0.971 bits per heavy atom. The Hall–Kier alpha value is -2.96. The zero-order chi connectivity index (χ0) is 25.3. The van der Waals surface area contributed by atoms with Crippen LogP contribution in [0.4, 0.5) is 0 Å². The second-order valence-corrected chi connectivity index (χ2v) is 10.5. The third-order valence-corrected chi connectivity index (χ3v) is 7.33. The van der Waals surface area contributed by atoms with Gasteiger partial charge in [-0.15, -0.1) is 0 Å². The number of hydrogen-bond acceptors (Lipinski definition) is 7. The summed E-state index contributed by atoms with van der Waals surface area (Å²) in [5, 5.41) is 3.38. The fourth-order valence-corrected chi connectivity index (χ4v) is 5.78. The minimum atomic E-state index is -0.532. The predicted octanol–water partition coefficient (Wildman–Crippen LogP) is 5.05. The Bertz CT molecular complexity index is 1040. The van der Waals surface area contributed by atoms with Gasteiger partial charge >= 0.3 is 5.97 Å². The molecule has 3 aliphatic rings. The van der Waals surface area contributed by atoms with Crippen LogP contribution >= 0.6 is 0 Å². The highest BCUT2D eigenvalue weighted by molar-refractivity contribution is 5.96. The predicted molar refractivity (Wildman–Crippen MR) is 133 cm³/mol. The van der Waals surface area contributed by atoms with E-state index in [0.717, 1.165) is 36.9 Å². The molecular weight excluding hydrogens is 446 g/mol. The van der Waals surface area contributed by atoms with Gasteiger partial charge in [0.15, 0.2) is 11.5 Å². The van der Waals surface area contributed by atoms with Crippen molar-refractivity contribution < 1.29 is 28.5 Å². The topological polar surface area (TPSA) is 83.1 Å². The van der Waals surface area contributed by atoms with Crippen molar-refractivity contribution in [2.75, 3.05) is 21.3 Å². The van der Waals surface area contributed by atoms with E-state index in [0.29, 0.717) is 34.9 Å². The number of ether oxygens (including phenoxy) is 4. The van der Waals surface area contributed by atoms with E-state index in [1.807, 2.05) is 19.1 Å². The summed E-state index contributed by atoms with van der Waals surface area (Å²) in [6.45, 7) is 5.98. The van der Waals surface area contributed by atoms with Crippen LogP contribution in [-0.2, 0) is 14.3 Å². The van der Waals surface area contributed by atoms with E-state index in [4.69, 9.17) is 18.9 Å². The molecule has 35 heavy (non-hydrogen) atoms. The minimum Gasteiger partial charge on any atom is -0.493 e. The first kappa shape index (κ1) is 25.1. The molecule has 2 aliphatic carbocycles. The molecule has 0 saturated heterocycles. The molecule has 0 spiro atoms. The molecule has 1 heterocycles. The van der Waals surface area contributed by atoms with Crippen LogP contribution in [0.3, 0.4) is 0 Å². The molecule has 190 valence electrons. The van der Waals surface area contributed by atoms with Crippen LogP contribution in [0.25, 0.3) is 0 Å². The van der Waals surface area contributed by atoms with Crippen molar-refractivity contribution in [1.29, 1.82) is 0 Å². The fourth-order valence-electron chi connectivity index (χ4n) is 5.78. The highest BCUT2D eigenvalue weighted by Gasteiger charge is 2.47. The SMILES string of the molecule is COc1cc(C2C(C(=O)OC3CCCCC3)=C(C)NC3=CC(C)(C)CC(=O)C32)cc(OC)c1OC. The summed E-state index contributed by atoms with van der Waals surface area (Å²) in [4.78, 5) is 27.2. The van der Waals surface area contributed by atoms with Gasteiger partial charge in [-0.1, -0.05) is 26.3 Å². The average molecular weight is 484 g/mol. The first-order valence-corrected chi connectivity index (χ1v) is 12.4.